The number of fused-ring (bicyclic) bond motifs is 11. The SMILES string of the molecule is N#Cc1ccc2c(c1)Sc1cc(C#N)ccc1N2c1ccc2c(c1)Oc1ccccc1C21c2cccnc2-c2ncccc21. The summed E-state index contributed by atoms with van der Waals surface area (Å²) in [5.74, 6) is 1.53. The van der Waals surface area contributed by atoms with Crippen molar-refractivity contribution in [3.8, 4) is 35.0 Å². The van der Waals surface area contributed by atoms with Crippen LogP contribution < -0.4 is 9.64 Å². The van der Waals surface area contributed by atoms with E-state index in [0.29, 0.717) is 11.1 Å². The van der Waals surface area contributed by atoms with Crippen molar-refractivity contribution in [1.82, 2.24) is 9.97 Å². The molecule has 0 bridgehead atoms. The summed E-state index contributed by atoms with van der Waals surface area (Å²) in [7, 11) is 0. The van der Waals surface area contributed by atoms with Crippen molar-refractivity contribution < 1.29 is 4.74 Å². The fourth-order valence-corrected chi connectivity index (χ4v) is 8.06. The summed E-state index contributed by atoms with van der Waals surface area (Å²) in [6.07, 6.45) is 3.65. The van der Waals surface area contributed by atoms with Crippen molar-refractivity contribution in [2.75, 3.05) is 4.90 Å². The maximum absolute atomic E-state index is 9.61. The van der Waals surface area contributed by atoms with E-state index >= 15 is 0 Å². The number of hydrogen-bond donors (Lipinski definition) is 0. The van der Waals surface area contributed by atoms with E-state index in [-0.39, 0.29) is 0 Å². The number of aromatic nitrogens is 2. The molecule has 0 saturated heterocycles. The summed E-state index contributed by atoms with van der Waals surface area (Å²) < 4.78 is 6.72. The van der Waals surface area contributed by atoms with Crippen molar-refractivity contribution in [2.45, 2.75) is 15.2 Å². The monoisotopic (exact) mass is 581 g/mol. The van der Waals surface area contributed by atoms with Gasteiger partial charge in [-0.25, -0.2) is 0 Å². The Hall–Kier alpha value is -5.89. The molecule has 44 heavy (non-hydrogen) atoms. The Morgan fingerprint density at radius 2 is 1.20 bits per heavy atom. The highest BCUT2D eigenvalue weighted by Gasteiger charge is 2.52. The number of anilines is 3. The molecule has 2 aliphatic heterocycles. The lowest BCUT2D eigenvalue weighted by molar-refractivity contribution is 0.436. The van der Waals surface area contributed by atoms with Crippen LogP contribution in [0.1, 0.15) is 33.4 Å². The molecule has 0 radical (unpaired) electrons. The topological polar surface area (TPSA) is 85.8 Å². The Labute approximate surface area is 257 Å². The van der Waals surface area contributed by atoms with E-state index in [1.54, 1.807) is 11.8 Å². The van der Waals surface area contributed by atoms with E-state index in [1.807, 2.05) is 73.1 Å². The zero-order valence-electron chi connectivity index (χ0n) is 23.0. The molecule has 0 N–H and O–H groups in total. The second-order valence-electron chi connectivity index (χ2n) is 10.9. The molecule has 204 valence electrons. The van der Waals surface area contributed by atoms with Gasteiger partial charge in [-0.3, -0.25) is 9.97 Å². The molecule has 0 atom stereocenters. The lowest BCUT2D eigenvalue weighted by atomic mass is 9.66. The van der Waals surface area contributed by atoms with Crippen LogP contribution in [-0.2, 0) is 5.41 Å². The molecule has 0 amide bonds. The third-order valence-electron chi connectivity index (χ3n) is 8.67. The highest BCUT2D eigenvalue weighted by Crippen LogP contribution is 2.62. The number of hydrogen-bond acceptors (Lipinski definition) is 7. The summed E-state index contributed by atoms with van der Waals surface area (Å²) in [6.45, 7) is 0. The molecule has 4 heterocycles. The number of benzene rings is 4. The Bertz CT molecular complexity index is 2190. The number of rotatable bonds is 1. The zero-order valence-corrected chi connectivity index (χ0v) is 23.8. The van der Waals surface area contributed by atoms with Crippen molar-refractivity contribution >= 4 is 28.8 Å². The molecule has 1 aliphatic carbocycles. The summed E-state index contributed by atoms with van der Waals surface area (Å²) in [6, 6.07) is 38.8. The molecule has 7 heteroatoms. The Morgan fingerprint density at radius 3 is 1.84 bits per heavy atom. The molecule has 0 fully saturated rings. The summed E-state index contributed by atoms with van der Waals surface area (Å²) >= 11 is 1.57. The Kier molecular flexibility index (Phi) is 5.08. The summed E-state index contributed by atoms with van der Waals surface area (Å²) in [5.41, 5.74) is 9.36. The molecule has 1 spiro atoms. The van der Waals surface area contributed by atoms with Gasteiger partial charge in [-0.15, -0.1) is 0 Å². The first-order chi connectivity index (χ1) is 21.7. The van der Waals surface area contributed by atoms with Crippen molar-refractivity contribution in [1.29, 1.82) is 10.5 Å². The van der Waals surface area contributed by atoms with Crippen LogP contribution in [0.3, 0.4) is 0 Å². The quantitative estimate of drug-likeness (QED) is 0.192. The number of ether oxygens (including phenoxy) is 1. The second kappa shape index (κ2) is 9.05. The van der Waals surface area contributed by atoms with Gasteiger partial charge in [0.15, 0.2) is 0 Å². The summed E-state index contributed by atoms with van der Waals surface area (Å²) in [5, 5.41) is 19.2. The standard InChI is InChI=1S/C37H19N5OS/c38-20-22-9-13-29-33(17-22)44-34-18-23(21-39)10-14-30(34)42(29)24-11-12-26-32(19-24)43-31-8-2-1-5-25(31)37(26)27-6-3-15-40-35(27)36-28(37)7-4-16-41-36/h1-19H. The lowest BCUT2D eigenvalue weighted by Crippen LogP contribution is -2.32. The largest absolute Gasteiger partial charge is 0.457 e. The van der Waals surface area contributed by atoms with E-state index in [1.165, 1.54) is 0 Å². The Balaban J connectivity index is 1.31. The highest BCUT2D eigenvalue weighted by atomic mass is 32.2. The van der Waals surface area contributed by atoms with Gasteiger partial charge >= 0.3 is 0 Å². The van der Waals surface area contributed by atoms with Gasteiger partial charge in [0, 0.05) is 45.1 Å². The second-order valence-corrected chi connectivity index (χ2v) is 11.9. The van der Waals surface area contributed by atoms with Gasteiger partial charge in [-0.2, -0.15) is 10.5 Å². The van der Waals surface area contributed by atoms with Crippen LogP contribution >= 0.6 is 11.8 Å². The van der Waals surface area contributed by atoms with Gasteiger partial charge in [0.2, 0.25) is 0 Å². The normalized spacial score (nSPS) is 14.1. The number of nitrogens with zero attached hydrogens (tertiary/aromatic N) is 5. The van der Waals surface area contributed by atoms with E-state index in [4.69, 9.17) is 14.7 Å². The zero-order chi connectivity index (χ0) is 29.4. The van der Waals surface area contributed by atoms with E-state index < -0.39 is 5.41 Å². The number of pyridine rings is 2. The maximum atomic E-state index is 9.61. The molecule has 0 unspecified atom stereocenters. The van der Waals surface area contributed by atoms with Crippen LogP contribution in [0, 0.1) is 22.7 Å². The molecule has 3 aliphatic rings. The van der Waals surface area contributed by atoms with Crippen LogP contribution in [0.15, 0.2) is 125 Å². The maximum Gasteiger partial charge on any atom is 0.134 e. The molecule has 6 aromatic rings. The minimum Gasteiger partial charge on any atom is -0.457 e. The minimum atomic E-state index is -0.646. The number of para-hydroxylation sites is 1. The smallest absolute Gasteiger partial charge is 0.134 e. The molecule has 2 aromatic heterocycles. The van der Waals surface area contributed by atoms with Crippen LogP contribution in [0.2, 0.25) is 0 Å². The third-order valence-corrected chi connectivity index (χ3v) is 9.76. The van der Waals surface area contributed by atoms with E-state index in [9.17, 15) is 10.5 Å². The number of nitriles is 2. The van der Waals surface area contributed by atoms with Crippen molar-refractivity contribution in [3.63, 3.8) is 0 Å². The molecule has 6 nitrogen and oxygen atoms in total. The molecular weight excluding hydrogens is 563 g/mol. The van der Waals surface area contributed by atoms with Crippen LogP contribution in [-0.4, -0.2) is 9.97 Å². The molecule has 4 aromatic carbocycles. The predicted molar refractivity (Wildman–Crippen MR) is 168 cm³/mol. The fourth-order valence-electron chi connectivity index (χ4n) is 6.92. The van der Waals surface area contributed by atoms with Crippen LogP contribution in [0.25, 0.3) is 11.4 Å². The first-order valence-corrected chi connectivity index (χ1v) is 14.9. The highest BCUT2D eigenvalue weighted by molar-refractivity contribution is 7.99. The van der Waals surface area contributed by atoms with Gasteiger partial charge in [0.05, 0.1) is 51.4 Å². The molecule has 9 rings (SSSR count). The first kappa shape index (κ1) is 24.7. The molecular formula is C37H19N5OS. The predicted octanol–water partition coefficient (Wildman–Crippen LogP) is 8.62. The first-order valence-electron chi connectivity index (χ1n) is 14.1. The van der Waals surface area contributed by atoms with Gasteiger partial charge in [-0.05, 0) is 71.8 Å². The molecule has 0 saturated carbocycles. The minimum absolute atomic E-state index is 0.587. The lowest BCUT2D eigenvalue weighted by Gasteiger charge is -2.40. The fraction of sp³-hybridized carbons (Fsp3) is 0.0270. The van der Waals surface area contributed by atoms with Crippen molar-refractivity contribution in [3.05, 3.63) is 149 Å². The van der Waals surface area contributed by atoms with E-state index in [0.717, 1.165) is 72.0 Å². The summed E-state index contributed by atoms with van der Waals surface area (Å²) in [4.78, 5) is 13.7. The Morgan fingerprint density at radius 1 is 0.614 bits per heavy atom. The van der Waals surface area contributed by atoms with Crippen molar-refractivity contribution in [2.24, 2.45) is 0 Å². The van der Waals surface area contributed by atoms with Gasteiger partial charge in [0.1, 0.15) is 11.5 Å². The van der Waals surface area contributed by atoms with Crippen LogP contribution in [0.4, 0.5) is 17.1 Å². The van der Waals surface area contributed by atoms with Gasteiger partial charge in [0.25, 0.3) is 0 Å². The average molecular weight is 582 g/mol. The van der Waals surface area contributed by atoms with E-state index in [2.05, 4.69) is 59.5 Å². The third kappa shape index (κ3) is 3.19. The van der Waals surface area contributed by atoms with Gasteiger partial charge < -0.3 is 9.64 Å². The van der Waals surface area contributed by atoms with Crippen LogP contribution in [0.5, 0.6) is 11.5 Å². The average Bonchev–Trinajstić information content (AvgIpc) is 3.37. The van der Waals surface area contributed by atoms with Gasteiger partial charge in [-0.1, -0.05) is 48.2 Å².